The lowest BCUT2D eigenvalue weighted by Gasteiger charge is -2.09. The number of aromatic carboxylic acids is 2. The summed E-state index contributed by atoms with van der Waals surface area (Å²) in [4.78, 5) is 54.6. The smallest absolute Gasteiger partial charge is 0.336 e. The molecule has 0 unspecified atom stereocenters. The van der Waals surface area contributed by atoms with E-state index in [2.05, 4.69) is 10.3 Å². The second-order valence-corrected chi connectivity index (χ2v) is 11.7. The number of carbonyl (C=O) groups excluding carboxylic acids is 2. The number of thiazole rings is 1. The van der Waals surface area contributed by atoms with Crippen LogP contribution in [0, 0.1) is 0 Å². The molecule has 0 amide bonds. The topological polar surface area (TPSA) is 157 Å². The number of thioether (sulfide) groups is 1. The number of nitrogens with one attached hydrogen (secondary N) is 1. The van der Waals surface area contributed by atoms with Crippen LogP contribution in [0.5, 0.6) is 0 Å². The summed E-state index contributed by atoms with van der Waals surface area (Å²) >= 11 is 2.27. The quantitative estimate of drug-likeness (QED) is 0.187. The van der Waals surface area contributed by atoms with Crippen LogP contribution in [-0.2, 0) is 9.59 Å². The Morgan fingerprint density at radius 3 is 2.14 bits per heavy atom. The van der Waals surface area contributed by atoms with E-state index in [0.717, 1.165) is 23.1 Å². The van der Waals surface area contributed by atoms with E-state index in [1.54, 1.807) is 48.5 Å². The summed E-state index contributed by atoms with van der Waals surface area (Å²) in [6.45, 7) is 0. The normalized spacial score (nSPS) is 16.8. The molecule has 0 spiro atoms. The van der Waals surface area contributed by atoms with Crippen LogP contribution in [0.3, 0.4) is 0 Å². The first kappa shape index (κ1) is 25.7. The van der Waals surface area contributed by atoms with Gasteiger partial charge in [-0.1, -0.05) is 66.1 Å². The van der Waals surface area contributed by atoms with Gasteiger partial charge in [0.1, 0.15) is 5.01 Å². The van der Waals surface area contributed by atoms with Crippen LogP contribution < -0.4 is 10.4 Å². The molecule has 1 aliphatic heterocycles. The zero-order chi connectivity index (χ0) is 29.3. The van der Waals surface area contributed by atoms with Crippen molar-refractivity contribution in [1.82, 2.24) is 4.98 Å². The van der Waals surface area contributed by atoms with Crippen molar-refractivity contribution < 1.29 is 34.5 Å². The van der Waals surface area contributed by atoms with Gasteiger partial charge in [-0.25, -0.2) is 14.6 Å². The molecule has 0 saturated heterocycles. The molecule has 2 aliphatic rings. The molecule has 7 rings (SSSR count). The number of anilines is 1. The molecule has 9 nitrogen and oxygen atoms in total. The van der Waals surface area contributed by atoms with Crippen molar-refractivity contribution in [3.63, 3.8) is 0 Å². The van der Waals surface area contributed by atoms with Crippen LogP contribution >= 0.6 is 23.1 Å². The molecular formula is C31H15N2O7S2-. The van der Waals surface area contributed by atoms with Crippen molar-refractivity contribution in [3.8, 4) is 0 Å². The van der Waals surface area contributed by atoms with Crippen molar-refractivity contribution in [2.75, 3.05) is 5.32 Å². The maximum Gasteiger partial charge on any atom is 0.336 e. The van der Waals surface area contributed by atoms with Crippen LogP contribution in [0.25, 0.3) is 37.8 Å². The number of ketones is 2. The molecule has 42 heavy (non-hydrogen) atoms. The highest BCUT2D eigenvalue weighted by molar-refractivity contribution is 8.03. The zero-order valence-electron chi connectivity index (χ0n) is 21.1. The minimum absolute atomic E-state index is 0.109. The van der Waals surface area contributed by atoms with Crippen LogP contribution in [0.1, 0.15) is 25.7 Å². The average molecular weight is 592 g/mol. The number of aromatic nitrogens is 1. The van der Waals surface area contributed by atoms with E-state index in [0.29, 0.717) is 47.4 Å². The van der Waals surface area contributed by atoms with Crippen molar-refractivity contribution in [1.29, 1.82) is 0 Å². The summed E-state index contributed by atoms with van der Waals surface area (Å²) in [6, 6.07) is 17.0. The van der Waals surface area contributed by atoms with Crippen molar-refractivity contribution in [2.45, 2.75) is 4.90 Å². The summed E-state index contributed by atoms with van der Waals surface area (Å²) in [6.07, 6.45) is 2.58. The van der Waals surface area contributed by atoms with Crippen LogP contribution in [0.4, 0.5) is 5.69 Å². The van der Waals surface area contributed by atoms with E-state index >= 15 is 0 Å². The van der Waals surface area contributed by atoms with Crippen LogP contribution in [0.2, 0.25) is 0 Å². The Morgan fingerprint density at radius 1 is 0.833 bits per heavy atom. The fraction of sp³-hybridized carbons (Fsp3) is 0. The summed E-state index contributed by atoms with van der Waals surface area (Å²) < 4.78 is 0.561. The Balaban J connectivity index is 1.29. The third-order valence-corrected chi connectivity index (χ3v) is 9.01. The number of hydrogen-bond donors (Lipinski definition) is 3. The molecule has 0 fully saturated rings. The third-order valence-electron chi connectivity index (χ3n) is 7.08. The van der Waals surface area contributed by atoms with E-state index in [-0.39, 0.29) is 27.3 Å². The lowest BCUT2D eigenvalue weighted by molar-refractivity contribution is -0.296. The predicted octanol–water partition coefficient (Wildman–Crippen LogP) is 5.21. The van der Waals surface area contributed by atoms with Gasteiger partial charge in [-0.2, -0.15) is 0 Å². The van der Waals surface area contributed by atoms with Gasteiger partial charge < -0.3 is 20.6 Å². The molecule has 0 atom stereocenters. The Labute approximate surface area is 244 Å². The molecule has 0 bridgehead atoms. The number of Topliss-reactive ketones (excluding diaryl/α,β-unsaturated/α-hetero) is 2. The van der Waals surface area contributed by atoms with Crippen LogP contribution in [-0.4, -0.2) is 38.7 Å². The number of carboxylic acid groups (broad SMARTS) is 2. The predicted molar refractivity (Wildman–Crippen MR) is 158 cm³/mol. The third kappa shape index (κ3) is 3.90. The first-order valence-electron chi connectivity index (χ1n) is 12.4. The lowest BCUT2D eigenvalue weighted by Crippen LogP contribution is -2.10. The highest BCUT2D eigenvalue weighted by Gasteiger charge is 2.32. The van der Waals surface area contributed by atoms with Gasteiger partial charge in [0.05, 0.1) is 32.1 Å². The Hall–Kier alpha value is -5.26. The molecule has 5 aromatic rings. The van der Waals surface area contributed by atoms with Crippen molar-refractivity contribution in [2.24, 2.45) is 0 Å². The van der Waals surface area contributed by atoms with Gasteiger partial charge in [0.15, 0.2) is 0 Å². The number of hydrogen-bond acceptors (Lipinski definition) is 9. The molecule has 1 aromatic heterocycles. The maximum absolute atomic E-state index is 13.3. The fourth-order valence-electron chi connectivity index (χ4n) is 5.19. The SMILES string of the molecule is O=C1C(=O)/C(=C\c2nc3c(cc(C(=O)O)c4ccccc43)s2)C([O-])=C1/C=C1/Nc2c(cc(C(=O)O)c3ccccc23)S1. The number of carboxylic acids is 2. The summed E-state index contributed by atoms with van der Waals surface area (Å²) in [7, 11) is 0. The van der Waals surface area contributed by atoms with E-state index < -0.39 is 29.3 Å². The van der Waals surface area contributed by atoms with E-state index in [4.69, 9.17) is 0 Å². The second kappa shape index (κ2) is 9.40. The molecule has 1 aliphatic carbocycles. The molecule has 4 aromatic carbocycles. The largest absolute Gasteiger partial charge is 0.871 e. The minimum Gasteiger partial charge on any atom is -0.871 e. The standard InChI is InChI=1S/C31H16N2O7S2/c34-27-19(11-23-32-25-15-7-3-1-5-13(15)17(30(37)38)9-21(25)41-23)28(35)29(36)20(27)12-24-33-26-16-8-4-2-6-14(16)18(31(39)40)10-22(26)42-24/h1-12,32,34H,(H,37,38)(H,39,40)/p-1/b20-12-,23-11-. The van der Waals surface area contributed by atoms with Gasteiger partial charge in [0, 0.05) is 26.8 Å². The minimum atomic E-state index is -1.09. The van der Waals surface area contributed by atoms with Gasteiger partial charge in [0.25, 0.3) is 0 Å². The van der Waals surface area contributed by atoms with Gasteiger partial charge in [-0.05, 0) is 35.1 Å². The van der Waals surface area contributed by atoms with E-state index in [1.165, 1.54) is 24.3 Å². The van der Waals surface area contributed by atoms with E-state index in [9.17, 15) is 34.5 Å². The van der Waals surface area contributed by atoms with Gasteiger partial charge in [0.2, 0.25) is 11.6 Å². The van der Waals surface area contributed by atoms with Crippen LogP contribution in [0.15, 0.2) is 93.6 Å². The number of fused-ring (bicyclic) bond motifs is 6. The highest BCUT2D eigenvalue weighted by Crippen LogP contribution is 2.47. The average Bonchev–Trinajstić information content (AvgIpc) is 3.64. The number of rotatable bonds is 4. The molecule has 0 radical (unpaired) electrons. The number of benzene rings is 4. The van der Waals surface area contributed by atoms with Gasteiger partial charge in [-0.3, -0.25) is 9.59 Å². The second-order valence-electron chi connectivity index (χ2n) is 9.52. The summed E-state index contributed by atoms with van der Waals surface area (Å²) in [5.41, 5.74) is 0.775. The zero-order valence-corrected chi connectivity index (χ0v) is 22.8. The Morgan fingerprint density at radius 2 is 1.45 bits per heavy atom. The molecular weight excluding hydrogens is 576 g/mol. The lowest BCUT2D eigenvalue weighted by atomic mass is 10.0. The Kier molecular flexibility index (Phi) is 5.75. The molecule has 2 heterocycles. The Bertz CT molecular complexity index is 2210. The maximum atomic E-state index is 13.3. The summed E-state index contributed by atoms with van der Waals surface area (Å²) in [5, 5.41) is 38.8. The first-order valence-corrected chi connectivity index (χ1v) is 14.1. The first-order chi connectivity index (χ1) is 20.2. The van der Waals surface area contributed by atoms with Gasteiger partial charge in [-0.15, -0.1) is 11.3 Å². The molecule has 0 saturated carbocycles. The molecule has 204 valence electrons. The van der Waals surface area contributed by atoms with Crippen molar-refractivity contribution in [3.05, 3.63) is 105 Å². The summed E-state index contributed by atoms with van der Waals surface area (Å²) in [5.74, 6) is -4.82. The number of allylic oxidation sites excluding steroid dienone is 3. The monoisotopic (exact) mass is 591 g/mol. The van der Waals surface area contributed by atoms with E-state index in [1.807, 2.05) is 0 Å². The molecule has 11 heteroatoms. The van der Waals surface area contributed by atoms with Gasteiger partial charge >= 0.3 is 11.9 Å². The highest BCUT2D eigenvalue weighted by atomic mass is 32.2. The molecule has 3 N–H and O–H groups in total. The fourth-order valence-corrected chi connectivity index (χ4v) is 7.17. The van der Waals surface area contributed by atoms with Crippen molar-refractivity contribution >= 4 is 90.1 Å². The number of nitrogens with zero attached hydrogens (tertiary/aromatic N) is 1. The number of carbonyl (C=O) groups is 4.